The van der Waals surface area contributed by atoms with Gasteiger partial charge in [-0.1, -0.05) is 30.3 Å². The number of amides is 4. The van der Waals surface area contributed by atoms with Crippen molar-refractivity contribution in [3.63, 3.8) is 0 Å². The Labute approximate surface area is 256 Å². The summed E-state index contributed by atoms with van der Waals surface area (Å²) in [5.74, 6) is -4.20. The predicted molar refractivity (Wildman–Crippen MR) is 160 cm³/mol. The lowest BCUT2D eigenvalue weighted by Crippen LogP contribution is -2.51. The predicted octanol–water partition coefficient (Wildman–Crippen LogP) is 2.63. The Kier molecular flexibility index (Phi) is 8.73. The minimum absolute atomic E-state index is 0.0361. The number of anilines is 1. The van der Waals surface area contributed by atoms with Gasteiger partial charge in [0, 0.05) is 37.4 Å². The molecule has 2 aliphatic heterocycles. The molecule has 3 aromatic carbocycles. The van der Waals surface area contributed by atoms with Crippen LogP contribution in [-0.4, -0.2) is 93.5 Å². The molecule has 0 atom stereocenters. The number of benzene rings is 3. The molecule has 2 saturated heterocycles. The van der Waals surface area contributed by atoms with E-state index in [0.29, 0.717) is 27.9 Å². The fraction of sp³-hybridized carbons (Fsp3) is 0.172. The van der Waals surface area contributed by atoms with Crippen molar-refractivity contribution in [3.8, 4) is 17.2 Å². The molecule has 0 spiro atoms. The quantitative estimate of drug-likeness (QED) is 0.220. The van der Waals surface area contributed by atoms with Gasteiger partial charge in [-0.2, -0.15) is 4.31 Å². The van der Waals surface area contributed by atoms with Crippen LogP contribution in [0.2, 0.25) is 0 Å². The Balaban J connectivity index is 1.17. The number of carbonyl (C=O) groups excluding carboxylic acids is 4. The van der Waals surface area contributed by atoms with E-state index >= 15 is 0 Å². The van der Waals surface area contributed by atoms with Crippen LogP contribution in [0, 0.1) is 0 Å². The lowest BCUT2D eigenvalue weighted by Gasteiger charge is -2.33. The smallest absolute Gasteiger partial charge is 0.300 e. The summed E-state index contributed by atoms with van der Waals surface area (Å²) in [7, 11) is -3.67. The van der Waals surface area contributed by atoms with E-state index in [1.165, 1.54) is 34.6 Å². The number of hydrogen-bond donors (Lipinski definition) is 4. The van der Waals surface area contributed by atoms with Gasteiger partial charge in [0.05, 0.1) is 16.3 Å². The highest BCUT2D eigenvalue weighted by atomic mass is 32.2. The molecule has 3 aromatic rings. The molecule has 228 valence electrons. The van der Waals surface area contributed by atoms with Crippen LogP contribution in [0.5, 0.6) is 17.2 Å². The van der Waals surface area contributed by atoms with E-state index < -0.39 is 50.2 Å². The molecule has 4 amide bonds. The number of imide groups is 3. The number of piperazine rings is 1. The first-order valence-corrected chi connectivity index (χ1v) is 15.4. The van der Waals surface area contributed by atoms with Crippen molar-refractivity contribution >= 4 is 56.5 Å². The zero-order valence-electron chi connectivity index (χ0n) is 22.9. The Morgan fingerprint density at radius 1 is 0.886 bits per heavy atom. The van der Waals surface area contributed by atoms with Gasteiger partial charge in [-0.25, -0.2) is 13.3 Å². The van der Waals surface area contributed by atoms with E-state index in [9.17, 15) is 42.9 Å². The number of phenolic OH excluding ortho intramolecular Hbond substituents is 3. The number of nitrogens with one attached hydrogen (secondary N) is 1. The Bertz CT molecular complexity index is 1750. The number of sulfonamides is 1. The molecule has 0 unspecified atom stereocenters. The summed E-state index contributed by atoms with van der Waals surface area (Å²) in [5, 5.41) is 30.5. The Hall–Kier alpha value is -4.70. The molecule has 0 bridgehead atoms. The van der Waals surface area contributed by atoms with Crippen molar-refractivity contribution in [2.75, 3.05) is 38.0 Å². The second-order valence-corrected chi connectivity index (χ2v) is 12.8. The minimum Gasteiger partial charge on any atom is -0.504 e. The van der Waals surface area contributed by atoms with Crippen molar-refractivity contribution in [1.82, 2.24) is 14.1 Å². The Morgan fingerprint density at radius 3 is 2.11 bits per heavy atom. The normalized spacial score (nSPS) is 17.3. The highest BCUT2D eigenvalue weighted by Gasteiger charge is 2.40. The third-order valence-corrected chi connectivity index (χ3v) is 9.69. The van der Waals surface area contributed by atoms with Gasteiger partial charge in [0.1, 0.15) is 0 Å². The van der Waals surface area contributed by atoms with E-state index in [1.54, 1.807) is 35.2 Å². The largest absolute Gasteiger partial charge is 0.504 e. The van der Waals surface area contributed by atoms with Crippen molar-refractivity contribution in [2.24, 2.45) is 0 Å². The number of thioether (sulfide) groups is 1. The molecule has 2 aliphatic rings. The number of aromatic hydroxyl groups is 3. The zero-order chi connectivity index (χ0) is 31.6. The van der Waals surface area contributed by atoms with Crippen molar-refractivity contribution in [2.45, 2.75) is 4.90 Å². The molecule has 2 fully saturated rings. The van der Waals surface area contributed by atoms with E-state index in [1.807, 2.05) is 0 Å². The lowest BCUT2D eigenvalue weighted by molar-refractivity contribution is -0.138. The molecule has 4 N–H and O–H groups in total. The molecule has 15 heteroatoms. The van der Waals surface area contributed by atoms with Crippen molar-refractivity contribution < 1.29 is 42.9 Å². The fourth-order valence-corrected chi connectivity index (χ4v) is 6.85. The van der Waals surface area contributed by atoms with Crippen LogP contribution in [0.1, 0.15) is 15.9 Å². The third kappa shape index (κ3) is 6.45. The summed E-state index contributed by atoms with van der Waals surface area (Å²) in [5.41, 5.74) is 0.759. The molecule has 5 rings (SSSR count). The highest BCUT2D eigenvalue weighted by molar-refractivity contribution is 8.18. The average Bonchev–Trinajstić information content (AvgIpc) is 3.29. The maximum atomic E-state index is 13.0. The van der Waals surface area contributed by atoms with Gasteiger partial charge in [-0.05, 0) is 59.8 Å². The van der Waals surface area contributed by atoms with Gasteiger partial charge in [-0.15, -0.1) is 0 Å². The molecule has 0 aliphatic carbocycles. The monoisotopic (exact) mass is 638 g/mol. The molecular weight excluding hydrogens is 612 g/mol. The van der Waals surface area contributed by atoms with Crippen LogP contribution >= 0.6 is 11.8 Å². The van der Waals surface area contributed by atoms with Gasteiger partial charge in [0.25, 0.3) is 23.0 Å². The summed E-state index contributed by atoms with van der Waals surface area (Å²) in [4.78, 5) is 53.4. The van der Waals surface area contributed by atoms with E-state index in [4.69, 9.17) is 0 Å². The second kappa shape index (κ2) is 12.5. The van der Waals surface area contributed by atoms with Crippen LogP contribution in [0.15, 0.2) is 76.5 Å². The van der Waals surface area contributed by atoms with Crippen molar-refractivity contribution in [1.29, 1.82) is 0 Å². The first-order chi connectivity index (χ1) is 20.9. The van der Waals surface area contributed by atoms with Crippen LogP contribution in [-0.2, 0) is 19.6 Å². The third-order valence-electron chi connectivity index (χ3n) is 6.91. The summed E-state index contributed by atoms with van der Waals surface area (Å²) in [6, 6.07) is 16.2. The van der Waals surface area contributed by atoms with Gasteiger partial charge >= 0.3 is 0 Å². The molecule has 0 saturated carbocycles. The highest BCUT2D eigenvalue weighted by Crippen LogP contribution is 2.36. The van der Waals surface area contributed by atoms with Crippen molar-refractivity contribution in [3.05, 3.63) is 82.8 Å². The molecule has 44 heavy (non-hydrogen) atoms. The lowest BCUT2D eigenvalue weighted by atomic mass is 10.1. The maximum absolute atomic E-state index is 13.0. The summed E-state index contributed by atoms with van der Waals surface area (Å²) >= 11 is 0.618. The molecule has 0 aromatic heterocycles. The zero-order valence-corrected chi connectivity index (χ0v) is 24.5. The molecule has 2 heterocycles. The van der Waals surface area contributed by atoms with E-state index in [2.05, 4.69) is 5.32 Å². The topological polar surface area (TPSA) is 185 Å². The van der Waals surface area contributed by atoms with Crippen LogP contribution in [0.25, 0.3) is 6.08 Å². The number of carbonyl (C=O) groups is 4. The van der Waals surface area contributed by atoms with Gasteiger partial charge < -0.3 is 20.6 Å². The van der Waals surface area contributed by atoms with Gasteiger partial charge in [0.15, 0.2) is 17.2 Å². The van der Waals surface area contributed by atoms with E-state index in [-0.39, 0.29) is 48.1 Å². The standard InChI is InChI=1S/C29H26N4O9S2/c34-22-15-19(16-23(35)26(22)37)27(38)30-20-8-6-18(7-9-20)14-24-28(39)33(29(40)43-24)25(36)17-31-10-12-32(13-11-31)44(41,42)21-4-2-1-3-5-21/h1-9,14-16,34-35,37H,10-13,17H2,(H,30,38)/b24-14-. The summed E-state index contributed by atoms with van der Waals surface area (Å²) < 4.78 is 27.0. The number of phenols is 3. The summed E-state index contributed by atoms with van der Waals surface area (Å²) in [6.45, 7) is 0.588. The number of nitrogens with zero attached hydrogens (tertiary/aromatic N) is 3. The van der Waals surface area contributed by atoms with Gasteiger partial charge in [-0.3, -0.25) is 24.1 Å². The van der Waals surface area contributed by atoms with Gasteiger partial charge in [0.2, 0.25) is 10.0 Å². The number of rotatable bonds is 7. The fourth-order valence-electron chi connectivity index (χ4n) is 4.57. The first-order valence-electron chi connectivity index (χ1n) is 13.2. The molecular formula is C29H26N4O9S2. The number of hydrogen-bond acceptors (Lipinski definition) is 11. The SMILES string of the molecule is O=C(Nc1ccc(/C=C2\SC(=O)N(C(=O)CN3CCN(S(=O)(=O)c4ccccc4)CC3)C2=O)cc1)c1cc(O)c(O)c(O)c1. The molecule has 13 nitrogen and oxygen atoms in total. The van der Waals surface area contributed by atoms with Crippen LogP contribution in [0.3, 0.4) is 0 Å². The summed E-state index contributed by atoms with van der Waals surface area (Å²) in [6.07, 6.45) is 1.44. The molecule has 0 radical (unpaired) electrons. The minimum atomic E-state index is -3.67. The second-order valence-electron chi connectivity index (χ2n) is 9.84. The first kappa shape index (κ1) is 30.7. The van der Waals surface area contributed by atoms with Crippen LogP contribution < -0.4 is 5.32 Å². The van der Waals surface area contributed by atoms with E-state index in [0.717, 1.165) is 12.1 Å². The maximum Gasteiger partial charge on any atom is 0.300 e. The van der Waals surface area contributed by atoms with Crippen LogP contribution in [0.4, 0.5) is 10.5 Å². The Morgan fingerprint density at radius 2 is 1.50 bits per heavy atom. The average molecular weight is 639 g/mol.